The molecule has 0 atom stereocenters. The van der Waals surface area contributed by atoms with Crippen molar-refractivity contribution in [1.82, 2.24) is 4.90 Å². The molecule has 0 aliphatic carbocycles. The first kappa shape index (κ1) is 8.32. The van der Waals surface area contributed by atoms with Crippen LogP contribution >= 0.6 is 0 Å². The standard InChI is InChI=1S/C5H6F3NO2/c6-5(7,8)4(10)9-1-2-11-3-9/h1-3H2. The Labute approximate surface area is 60.7 Å². The summed E-state index contributed by atoms with van der Waals surface area (Å²) in [5.74, 6) is -1.82. The van der Waals surface area contributed by atoms with Gasteiger partial charge in [0.15, 0.2) is 0 Å². The third-order valence-corrected chi connectivity index (χ3v) is 1.28. The molecule has 1 amide bonds. The summed E-state index contributed by atoms with van der Waals surface area (Å²) in [6.45, 7) is -0.0431. The van der Waals surface area contributed by atoms with Gasteiger partial charge in [0.2, 0.25) is 0 Å². The summed E-state index contributed by atoms with van der Waals surface area (Å²) in [5.41, 5.74) is 0. The van der Waals surface area contributed by atoms with E-state index in [0.717, 1.165) is 0 Å². The highest BCUT2D eigenvalue weighted by molar-refractivity contribution is 5.81. The van der Waals surface area contributed by atoms with E-state index in [-0.39, 0.29) is 19.9 Å². The van der Waals surface area contributed by atoms with Gasteiger partial charge in [0.1, 0.15) is 6.73 Å². The maximum Gasteiger partial charge on any atom is 0.471 e. The molecule has 1 fully saturated rings. The van der Waals surface area contributed by atoms with E-state index in [1.165, 1.54) is 0 Å². The second-order valence-electron chi connectivity index (χ2n) is 2.10. The number of carbonyl (C=O) groups excluding carboxylic acids is 1. The number of hydrogen-bond donors (Lipinski definition) is 0. The van der Waals surface area contributed by atoms with E-state index in [9.17, 15) is 18.0 Å². The number of alkyl halides is 3. The molecule has 0 spiro atoms. The molecule has 0 unspecified atom stereocenters. The van der Waals surface area contributed by atoms with Crippen LogP contribution in [-0.4, -0.2) is 36.9 Å². The Morgan fingerprint density at radius 1 is 1.45 bits per heavy atom. The zero-order valence-electron chi connectivity index (χ0n) is 5.52. The van der Waals surface area contributed by atoms with E-state index in [0.29, 0.717) is 4.90 Å². The highest BCUT2D eigenvalue weighted by Gasteiger charge is 2.43. The van der Waals surface area contributed by atoms with Gasteiger partial charge in [0.25, 0.3) is 0 Å². The molecule has 1 aliphatic rings. The van der Waals surface area contributed by atoms with Crippen LogP contribution in [0.4, 0.5) is 13.2 Å². The molecule has 0 aromatic carbocycles. The monoisotopic (exact) mass is 169 g/mol. The summed E-state index contributed by atoms with van der Waals surface area (Å²) < 4.78 is 39.5. The fourth-order valence-corrected chi connectivity index (χ4v) is 0.753. The molecule has 0 saturated carbocycles. The summed E-state index contributed by atoms with van der Waals surface area (Å²) in [7, 11) is 0. The third kappa shape index (κ3) is 1.83. The van der Waals surface area contributed by atoms with E-state index >= 15 is 0 Å². The molecule has 0 aromatic rings. The fraction of sp³-hybridized carbons (Fsp3) is 0.800. The minimum absolute atomic E-state index is 0.0261. The zero-order chi connectivity index (χ0) is 8.48. The third-order valence-electron chi connectivity index (χ3n) is 1.28. The van der Waals surface area contributed by atoms with Gasteiger partial charge in [-0.2, -0.15) is 13.2 Å². The lowest BCUT2D eigenvalue weighted by atomic mass is 10.5. The molecule has 1 rings (SSSR count). The maximum atomic E-state index is 11.7. The lowest BCUT2D eigenvalue weighted by Gasteiger charge is -2.14. The van der Waals surface area contributed by atoms with Crippen LogP contribution in [0, 0.1) is 0 Å². The van der Waals surface area contributed by atoms with Gasteiger partial charge >= 0.3 is 12.1 Å². The van der Waals surface area contributed by atoms with E-state index in [1.54, 1.807) is 0 Å². The Morgan fingerprint density at radius 3 is 2.45 bits per heavy atom. The van der Waals surface area contributed by atoms with Crippen molar-refractivity contribution in [3.8, 4) is 0 Å². The SMILES string of the molecule is O=C(N1CCOC1)C(F)(F)F. The Kier molecular flexibility index (Phi) is 2.03. The Balaban J connectivity index is 2.53. The number of hydrogen-bond acceptors (Lipinski definition) is 2. The quantitative estimate of drug-likeness (QED) is 0.524. The van der Waals surface area contributed by atoms with Crippen molar-refractivity contribution in [2.24, 2.45) is 0 Å². The molecule has 0 bridgehead atoms. The molecule has 1 saturated heterocycles. The molecule has 0 N–H and O–H groups in total. The largest absolute Gasteiger partial charge is 0.471 e. The van der Waals surface area contributed by atoms with E-state index in [1.807, 2.05) is 0 Å². The molecule has 1 heterocycles. The highest BCUT2D eigenvalue weighted by atomic mass is 19.4. The minimum atomic E-state index is -4.77. The molecule has 6 heteroatoms. The fourth-order valence-electron chi connectivity index (χ4n) is 0.753. The number of nitrogens with zero attached hydrogens (tertiary/aromatic N) is 1. The first-order valence-corrected chi connectivity index (χ1v) is 2.95. The number of rotatable bonds is 0. The molecule has 11 heavy (non-hydrogen) atoms. The number of ether oxygens (including phenoxy) is 1. The Hall–Kier alpha value is -0.780. The summed E-state index contributed by atoms with van der Waals surface area (Å²) in [6, 6.07) is 0. The van der Waals surface area contributed by atoms with Gasteiger partial charge in [-0.3, -0.25) is 4.79 Å². The first-order valence-electron chi connectivity index (χ1n) is 2.95. The topological polar surface area (TPSA) is 29.5 Å². The zero-order valence-corrected chi connectivity index (χ0v) is 5.52. The predicted molar refractivity (Wildman–Crippen MR) is 28.6 cm³/mol. The van der Waals surface area contributed by atoms with Gasteiger partial charge in [0, 0.05) is 6.54 Å². The van der Waals surface area contributed by atoms with Gasteiger partial charge in [0.05, 0.1) is 6.61 Å². The van der Waals surface area contributed by atoms with Gasteiger partial charge in [-0.15, -0.1) is 0 Å². The van der Waals surface area contributed by atoms with Gasteiger partial charge in [-0.25, -0.2) is 0 Å². The number of halogens is 3. The van der Waals surface area contributed by atoms with Gasteiger partial charge in [-0.05, 0) is 0 Å². The van der Waals surface area contributed by atoms with E-state index in [2.05, 4.69) is 4.74 Å². The Morgan fingerprint density at radius 2 is 2.09 bits per heavy atom. The van der Waals surface area contributed by atoms with Crippen molar-refractivity contribution in [3.63, 3.8) is 0 Å². The molecular weight excluding hydrogens is 163 g/mol. The second-order valence-corrected chi connectivity index (χ2v) is 2.10. The highest BCUT2D eigenvalue weighted by Crippen LogP contribution is 2.19. The van der Waals surface area contributed by atoms with Crippen LogP contribution in [0.25, 0.3) is 0 Å². The normalized spacial score (nSPS) is 19.0. The summed E-state index contributed by atoms with van der Waals surface area (Å²) in [4.78, 5) is 11.0. The minimum Gasteiger partial charge on any atom is -0.359 e. The molecule has 0 radical (unpaired) electrons. The van der Waals surface area contributed by atoms with Crippen molar-refractivity contribution in [2.45, 2.75) is 6.18 Å². The van der Waals surface area contributed by atoms with Crippen molar-refractivity contribution < 1.29 is 22.7 Å². The van der Waals surface area contributed by atoms with E-state index < -0.39 is 12.1 Å². The van der Waals surface area contributed by atoms with Crippen LogP contribution in [0.1, 0.15) is 0 Å². The van der Waals surface area contributed by atoms with Crippen LogP contribution in [-0.2, 0) is 9.53 Å². The van der Waals surface area contributed by atoms with Crippen LogP contribution in [0.2, 0.25) is 0 Å². The van der Waals surface area contributed by atoms with Crippen LogP contribution in [0.5, 0.6) is 0 Å². The van der Waals surface area contributed by atoms with Gasteiger partial charge < -0.3 is 9.64 Å². The van der Waals surface area contributed by atoms with Crippen molar-refractivity contribution in [1.29, 1.82) is 0 Å². The summed E-state index contributed by atoms with van der Waals surface area (Å²) in [6.07, 6.45) is -4.77. The average molecular weight is 169 g/mol. The molecule has 64 valence electrons. The van der Waals surface area contributed by atoms with Crippen molar-refractivity contribution >= 4 is 5.91 Å². The smallest absolute Gasteiger partial charge is 0.359 e. The molecule has 3 nitrogen and oxygen atoms in total. The number of amides is 1. The van der Waals surface area contributed by atoms with E-state index in [4.69, 9.17) is 0 Å². The van der Waals surface area contributed by atoms with Crippen molar-refractivity contribution in [2.75, 3.05) is 19.9 Å². The summed E-state index contributed by atoms with van der Waals surface area (Å²) in [5, 5.41) is 0. The summed E-state index contributed by atoms with van der Waals surface area (Å²) >= 11 is 0. The van der Waals surface area contributed by atoms with Crippen molar-refractivity contribution in [3.05, 3.63) is 0 Å². The lowest BCUT2D eigenvalue weighted by molar-refractivity contribution is -0.185. The molecular formula is C5H6F3NO2. The second kappa shape index (κ2) is 2.69. The lowest BCUT2D eigenvalue weighted by Crippen LogP contribution is -2.39. The average Bonchev–Trinajstić information content (AvgIpc) is 2.34. The van der Waals surface area contributed by atoms with Crippen LogP contribution in [0.3, 0.4) is 0 Å². The molecule has 1 aliphatic heterocycles. The Bertz CT molecular complexity index is 162. The number of carbonyl (C=O) groups is 1. The van der Waals surface area contributed by atoms with Gasteiger partial charge in [-0.1, -0.05) is 0 Å². The molecule has 0 aromatic heterocycles. The van der Waals surface area contributed by atoms with Crippen LogP contribution in [0.15, 0.2) is 0 Å². The first-order chi connectivity index (χ1) is 5.02. The predicted octanol–water partition coefficient (Wildman–Crippen LogP) is 0.365. The van der Waals surface area contributed by atoms with Crippen LogP contribution < -0.4 is 0 Å². The maximum absolute atomic E-state index is 11.7.